The van der Waals surface area contributed by atoms with Gasteiger partial charge in [0.15, 0.2) is 0 Å². The minimum Gasteiger partial charge on any atom is -0.369 e. The van der Waals surface area contributed by atoms with Gasteiger partial charge in [0.1, 0.15) is 5.82 Å². The third-order valence-electron chi connectivity index (χ3n) is 2.83. The van der Waals surface area contributed by atoms with E-state index in [0.717, 1.165) is 17.4 Å². The Bertz CT molecular complexity index is 585. The van der Waals surface area contributed by atoms with Gasteiger partial charge in [-0.1, -0.05) is 6.92 Å². The average molecular weight is 352 g/mol. The number of hydrogen-bond acceptors (Lipinski definition) is 4. The van der Waals surface area contributed by atoms with Gasteiger partial charge in [-0.15, -0.1) is 0 Å². The molecular formula is C14H18BrN5O. The van der Waals surface area contributed by atoms with Crippen LogP contribution in [0.15, 0.2) is 35.2 Å². The van der Waals surface area contributed by atoms with E-state index in [1.165, 1.54) is 0 Å². The van der Waals surface area contributed by atoms with E-state index in [0.29, 0.717) is 24.5 Å². The van der Waals surface area contributed by atoms with Gasteiger partial charge in [-0.2, -0.15) is 5.10 Å². The number of hydrogen-bond donors (Lipinski definition) is 2. The molecule has 0 spiro atoms. The van der Waals surface area contributed by atoms with Gasteiger partial charge in [0.05, 0.1) is 12.1 Å². The minimum absolute atomic E-state index is 0.144. The molecule has 0 fully saturated rings. The highest BCUT2D eigenvalue weighted by molar-refractivity contribution is 9.10. The summed E-state index contributed by atoms with van der Waals surface area (Å²) in [4.78, 5) is 16.5. The van der Waals surface area contributed by atoms with Gasteiger partial charge in [0.25, 0.3) is 5.91 Å². The van der Waals surface area contributed by atoms with E-state index < -0.39 is 0 Å². The van der Waals surface area contributed by atoms with Gasteiger partial charge in [-0.3, -0.25) is 9.48 Å². The summed E-state index contributed by atoms with van der Waals surface area (Å²) < 4.78 is 2.55. The summed E-state index contributed by atoms with van der Waals surface area (Å²) in [7, 11) is 0. The Hall–Kier alpha value is -1.89. The normalized spacial score (nSPS) is 10.4. The van der Waals surface area contributed by atoms with Crippen molar-refractivity contribution in [2.24, 2.45) is 0 Å². The molecule has 0 saturated carbocycles. The summed E-state index contributed by atoms with van der Waals surface area (Å²) in [6, 6.07) is 3.63. The quantitative estimate of drug-likeness (QED) is 0.802. The number of pyridine rings is 1. The first-order valence-corrected chi connectivity index (χ1v) is 7.65. The number of nitrogens with one attached hydrogen (secondary N) is 2. The maximum Gasteiger partial charge on any atom is 0.255 e. The molecule has 2 rings (SSSR count). The van der Waals surface area contributed by atoms with Crippen LogP contribution in [0.4, 0.5) is 5.82 Å². The zero-order valence-electron chi connectivity index (χ0n) is 11.8. The monoisotopic (exact) mass is 351 g/mol. The second kappa shape index (κ2) is 7.78. The largest absolute Gasteiger partial charge is 0.369 e. The second-order valence-electron chi connectivity index (χ2n) is 4.50. The van der Waals surface area contributed by atoms with E-state index in [1.54, 1.807) is 23.1 Å². The molecule has 0 aromatic carbocycles. The van der Waals surface area contributed by atoms with Crippen molar-refractivity contribution < 1.29 is 4.79 Å². The molecule has 0 aliphatic heterocycles. The molecule has 1 amide bonds. The molecule has 21 heavy (non-hydrogen) atoms. The smallest absolute Gasteiger partial charge is 0.255 e. The van der Waals surface area contributed by atoms with E-state index in [9.17, 15) is 4.79 Å². The van der Waals surface area contributed by atoms with Crippen LogP contribution in [-0.4, -0.2) is 33.8 Å². The molecule has 7 heteroatoms. The van der Waals surface area contributed by atoms with Crippen LogP contribution in [0, 0.1) is 0 Å². The lowest BCUT2D eigenvalue weighted by Gasteiger charge is -2.11. The first kappa shape index (κ1) is 15.5. The Balaban J connectivity index is 1.98. The number of amides is 1. The molecular weight excluding hydrogens is 334 g/mol. The fraction of sp³-hybridized carbons (Fsp3) is 0.357. The molecule has 0 atom stereocenters. The number of carbonyl (C=O) groups is 1. The SMILES string of the molecule is CCCNc1ncc(Br)cc1C(=O)NCCn1cccn1. The molecule has 0 radical (unpaired) electrons. The van der Waals surface area contributed by atoms with E-state index in [2.05, 4.69) is 43.6 Å². The number of anilines is 1. The van der Waals surface area contributed by atoms with Gasteiger partial charge in [-0.05, 0) is 34.5 Å². The molecule has 0 unspecified atom stereocenters. The van der Waals surface area contributed by atoms with Crippen LogP contribution in [0.1, 0.15) is 23.7 Å². The lowest BCUT2D eigenvalue weighted by atomic mass is 10.2. The van der Waals surface area contributed by atoms with E-state index in [-0.39, 0.29) is 5.91 Å². The maximum absolute atomic E-state index is 12.3. The van der Waals surface area contributed by atoms with Gasteiger partial charge >= 0.3 is 0 Å². The Kier molecular flexibility index (Phi) is 5.74. The van der Waals surface area contributed by atoms with Crippen molar-refractivity contribution in [1.29, 1.82) is 0 Å². The number of aromatic nitrogens is 3. The summed E-state index contributed by atoms with van der Waals surface area (Å²) in [5, 5.41) is 10.1. The molecule has 2 N–H and O–H groups in total. The van der Waals surface area contributed by atoms with E-state index in [4.69, 9.17) is 0 Å². The maximum atomic E-state index is 12.3. The second-order valence-corrected chi connectivity index (χ2v) is 5.42. The Morgan fingerprint density at radius 2 is 2.29 bits per heavy atom. The van der Waals surface area contributed by atoms with E-state index >= 15 is 0 Å². The summed E-state index contributed by atoms with van der Waals surface area (Å²) in [6.45, 7) is 4.00. The molecule has 0 aliphatic carbocycles. The molecule has 2 aromatic rings. The van der Waals surface area contributed by atoms with Gasteiger partial charge in [0.2, 0.25) is 0 Å². The minimum atomic E-state index is -0.144. The summed E-state index contributed by atoms with van der Waals surface area (Å²) in [5.74, 6) is 0.464. The van der Waals surface area contributed by atoms with Crippen LogP contribution in [0.2, 0.25) is 0 Å². The first-order valence-electron chi connectivity index (χ1n) is 6.85. The van der Waals surface area contributed by atoms with Gasteiger partial charge in [0, 0.05) is 36.2 Å². The predicted molar refractivity (Wildman–Crippen MR) is 85.3 cm³/mol. The zero-order chi connectivity index (χ0) is 15.1. The van der Waals surface area contributed by atoms with Crippen molar-refractivity contribution in [3.05, 3.63) is 40.8 Å². The van der Waals surface area contributed by atoms with Crippen LogP contribution < -0.4 is 10.6 Å². The van der Waals surface area contributed by atoms with Gasteiger partial charge < -0.3 is 10.6 Å². The number of halogens is 1. The van der Waals surface area contributed by atoms with Crippen LogP contribution in [0.3, 0.4) is 0 Å². The van der Waals surface area contributed by atoms with Crippen LogP contribution in [0.5, 0.6) is 0 Å². The Labute approximate surface area is 132 Å². The summed E-state index contributed by atoms with van der Waals surface area (Å²) >= 11 is 3.35. The molecule has 112 valence electrons. The highest BCUT2D eigenvalue weighted by Gasteiger charge is 2.12. The molecule has 2 aromatic heterocycles. The molecule has 0 saturated heterocycles. The van der Waals surface area contributed by atoms with Crippen molar-refractivity contribution in [2.75, 3.05) is 18.4 Å². The third kappa shape index (κ3) is 4.56. The highest BCUT2D eigenvalue weighted by atomic mass is 79.9. The molecule has 2 heterocycles. The fourth-order valence-corrected chi connectivity index (χ4v) is 2.14. The molecule has 6 nitrogen and oxygen atoms in total. The molecule has 0 bridgehead atoms. The molecule has 0 aliphatic rings. The predicted octanol–water partition coefficient (Wildman–Crippen LogP) is 2.29. The fourth-order valence-electron chi connectivity index (χ4n) is 1.81. The topological polar surface area (TPSA) is 71.8 Å². The lowest BCUT2D eigenvalue weighted by Crippen LogP contribution is -2.28. The number of rotatable bonds is 7. The van der Waals surface area contributed by atoms with Gasteiger partial charge in [-0.25, -0.2) is 4.98 Å². The number of nitrogens with zero attached hydrogens (tertiary/aromatic N) is 3. The zero-order valence-corrected chi connectivity index (χ0v) is 13.4. The third-order valence-corrected chi connectivity index (χ3v) is 3.26. The Morgan fingerprint density at radius 3 is 3.00 bits per heavy atom. The van der Waals surface area contributed by atoms with Crippen LogP contribution in [0.25, 0.3) is 0 Å². The van der Waals surface area contributed by atoms with Crippen LogP contribution in [-0.2, 0) is 6.54 Å². The van der Waals surface area contributed by atoms with E-state index in [1.807, 2.05) is 12.3 Å². The number of carbonyl (C=O) groups excluding carboxylic acids is 1. The van der Waals surface area contributed by atoms with Crippen molar-refractivity contribution in [1.82, 2.24) is 20.1 Å². The summed E-state index contributed by atoms with van der Waals surface area (Å²) in [6.07, 6.45) is 6.23. The average Bonchev–Trinajstić information content (AvgIpc) is 2.99. The van der Waals surface area contributed by atoms with Crippen molar-refractivity contribution in [3.8, 4) is 0 Å². The lowest BCUT2D eigenvalue weighted by molar-refractivity contribution is 0.0952. The Morgan fingerprint density at radius 1 is 1.43 bits per heavy atom. The van der Waals surface area contributed by atoms with Crippen molar-refractivity contribution >= 4 is 27.7 Å². The van der Waals surface area contributed by atoms with Crippen molar-refractivity contribution in [3.63, 3.8) is 0 Å². The summed E-state index contributed by atoms with van der Waals surface area (Å²) in [5.41, 5.74) is 0.540. The van der Waals surface area contributed by atoms with Crippen molar-refractivity contribution in [2.45, 2.75) is 19.9 Å². The van der Waals surface area contributed by atoms with Crippen LogP contribution >= 0.6 is 15.9 Å². The first-order chi connectivity index (χ1) is 10.2. The standard InChI is InChI=1S/C14H18BrN5O/c1-2-4-16-13-12(9-11(15)10-18-13)14(21)17-6-8-20-7-3-5-19-20/h3,5,7,9-10H,2,4,6,8H2,1H3,(H,16,18)(H,17,21). The highest BCUT2D eigenvalue weighted by Crippen LogP contribution is 2.18.